The molecule has 0 atom stereocenters. The highest BCUT2D eigenvalue weighted by Crippen LogP contribution is 2.32. The fourth-order valence-electron chi connectivity index (χ4n) is 1.32. The van der Waals surface area contributed by atoms with E-state index < -0.39 is 4.92 Å². The number of nitro groups is 1. The third-order valence-electron chi connectivity index (χ3n) is 1.93. The number of hydrogen-bond donors (Lipinski definition) is 1. The van der Waals surface area contributed by atoms with Crippen molar-refractivity contribution in [1.82, 2.24) is 9.97 Å². The van der Waals surface area contributed by atoms with Crippen LogP contribution in [0.25, 0.3) is 11.0 Å². The van der Waals surface area contributed by atoms with Gasteiger partial charge in [-0.2, -0.15) is 0 Å². The van der Waals surface area contributed by atoms with Crippen molar-refractivity contribution >= 4 is 16.7 Å². The Kier molecular flexibility index (Phi) is 1.81. The van der Waals surface area contributed by atoms with Gasteiger partial charge in [0.25, 0.3) is 0 Å². The number of nitrogens with one attached hydrogen (secondary N) is 1. The van der Waals surface area contributed by atoms with Crippen molar-refractivity contribution in [2.24, 2.45) is 0 Å². The molecule has 14 heavy (non-hydrogen) atoms. The molecule has 0 spiro atoms. The molecule has 0 saturated carbocycles. The molecule has 72 valence electrons. The van der Waals surface area contributed by atoms with Crippen LogP contribution in [0.2, 0.25) is 0 Å². The van der Waals surface area contributed by atoms with Crippen molar-refractivity contribution in [3.63, 3.8) is 0 Å². The molecule has 1 heterocycles. The van der Waals surface area contributed by atoms with Gasteiger partial charge in [-0.25, -0.2) is 4.98 Å². The Balaban J connectivity index is 2.78. The summed E-state index contributed by atoms with van der Waals surface area (Å²) in [6.07, 6.45) is 1.47. The maximum absolute atomic E-state index is 10.6. The summed E-state index contributed by atoms with van der Waals surface area (Å²) in [6.45, 7) is 0. The number of ether oxygens (including phenoxy) is 1. The molecule has 6 heteroatoms. The molecule has 0 fully saturated rings. The van der Waals surface area contributed by atoms with Crippen molar-refractivity contribution in [2.75, 3.05) is 7.11 Å². The Hall–Kier alpha value is -2.11. The number of nitrogens with zero attached hydrogens (tertiary/aromatic N) is 2. The molecule has 6 nitrogen and oxygen atoms in total. The molecule has 0 unspecified atom stereocenters. The van der Waals surface area contributed by atoms with Crippen LogP contribution < -0.4 is 4.74 Å². The summed E-state index contributed by atoms with van der Waals surface area (Å²) in [5, 5.41) is 10.6. The zero-order valence-corrected chi connectivity index (χ0v) is 7.35. The molecule has 1 aromatic heterocycles. The minimum Gasteiger partial charge on any atom is -0.489 e. The molecule has 0 aliphatic carbocycles. The van der Waals surface area contributed by atoms with Crippen LogP contribution in [0.4, 0.5) is 5.69 Å². The van der Waals surface area contributed by atoms with Crippen molar-refractivity contribution in [3.8, 4) is 5.75 Å². The van der Waals surface area contributed by atoms with E-state index in [2.05, 4.69) is 9.97 Å². The maximum Gasteiger partial charge on any atom is 0.313 e. The van der Waals surface area contributed by atoms with E-state index in [4.69, 9.17) is 4.74 Å². The molecule has 0 aliphatic rings. The lowest BCUT2D eigenvalue weighted by Crippen LogP contribution is -1.94. The van der Waals surface area contributed by atoms with Crippen LogP contribution >= 0.6 is 0 Å². The summed E-state index contributed by atoms with van der Waals surface area (Å²) in [5.41, 5.74) is 1.11. The zero-order chi connectivity index (χ0) is 10.1. The lowest BCUT2D eigenvalue weighted by molar-refractivity contribution is -0.385. The largest absolute Gasteiger partial charge is 0.489 e. The molecule has 0 saturated heterocycles. The van der Waals surface area contributed by atoms with Crippen LogP contribution in [-0.2, 0) is 0 Å². The number of H-pyrrole nitrogens is 1. The number of aromatic amines is 1. The Morgan fingerprint density at radius 1 is 1.57 bits per heavy atom. The standard InChI is InChI=1S/C8H7N3O3/c1-14-8-6(11(12)13)3-2-5-7(8)10-4-9-5/h2-4H,1H3,(H,9,10). The molecule has 2 aromatic rings. The Morgan fingerprint density at radius 2 is 2.36 bits per heavy atom. The molecule has 1 aromatic carbocycles. The molecule has 0 bridgehead atoms. The first-order chi connectivity index (χ1) is 6.74. The van der Waals surface area contributed by atoms with E-state index in [9.17, 15) is 10.1 Å². The lowest BCUT2D eigenvalue weighted by atomic mass is 10.2. The zero-order valence-electron chi connectivity index (χ0n) is 7.35. The SMILES string of the molecule is COc1c([N+](=O)[O-])ccc2[nH]cnc12. The maximum atomic E-state index is 10.6. The highest BCUT2D eigenvalue weighted by molar-refractivity contribution is 5.85. The van der Waals surface area contributed by atoms with Gasteiger partial charge >= 0.3 is 5.69 Å². The monoisotopic (exact) mass is 193 g/mol. The third-order valence-corrected chi connectivity index (χ3v) is 1.93. The highest BCUT2D eigenvalue weighted by atomic mass is 16.6. The van der Waals surface area contributed by atoms with Crippen LogP contribution in [-0.4, -0.2) is 22.0 Å². The average molecular weight is 193 g/mol. The average Bonchev–Trinajstić information content (AvgIpc) is 2.63. The quantitative estimate of drug-likeness (QED) is 0.578. The van der Waals surface area contributed by atoms with E-state index in [-0.39, 0.29) is 11.4 Å². The number of hydrogen-bond acceptors (Lipinski definition) is 4. The Morgan fingerprint density at radius 3 is 3.00 bits per heavy atom. The Bertz CT molecular complexity index is 492. The first-order valence-electron chi connectivity index (χ1n) is 3.88. The van der Waals surface area contributed by atoms with Gasteiger partial charge in [-0.15, -0.1) is 0 Å². The van der Waals surface area contributed by atoms with E-state index in [0.29, 0.717) is 11.0 Å². The second kappa shape index (κ2) is 2.99. The smallest absolute Gasteiger partial charge is 0.313 e. The van der Waals surface area contributed by atoms with Gasteiger partial charge in [0.2, 0.25) is 5.75 Å². The molecule has 0 aliphatic heterocycles. The second-order valence-electron chi connectivity index (χ2n) is 2.67. The minimum atomic E-state index is -0.493. The summed E-state index contributed by atoms with van der Waals surface area (Å²) >= 11 is 0. The van der Waals surface area contributed by atoms with Gasteiger partial charge < -0.3 is 9.72 Å². The first-order valence-corrected chi connectivity index (χ1v) is 3.88. The number of benzene rings is 1. The second-order valence-corrected chi connectivity index (χ2v) is 2.67. The lowest BCUT2D eigenvalue weighted by Gasteiger charge is -2.01. The van der Waals surface area contributed by atoms with Crippen molar-refractivity contribution in [2.45, 2.75) is 0 Å². The normalized spacial score (nSPS) is 10.4. The third kappa shape index (κ3) is 1.08. The van der Waals surface area contributed by atoms with E-state index >= 15 is 0 Å². The van der Waals surface area contributed by atoms with Crippen molar-refractivity contribution < 1.29 is 9.66 Å². The van der Waals surface area contributed by atoms with Gasteiger partial charge in [0.1, 0.15) is 5.52 Å². The van der Waals surface area contributed by atoms with E-state index in [1.165, 1.54) is 19.5 Å². The number of aromatic nitrogens is 2. The van der Waals surface area contributed by atoms with E-state index in [1.54, 1.807) is 6.07 Å². The van der Waals surface area contributed by atoms with Gasteiger partial charge in [0.15, 0.2) is 0 Å². The van der Waals surface area contributed by atoms with Crippen LogP contribution in [0.3, 0.4) is 0 Å². The summed E-state index contributed by atoms with van der Waals surface area (Å²) in [5.74, 6) is 0.189. The highest BCUT2D eigenvalue weighted by Gasteiger charge is 2.18. The summed E-state index contributed by atoms with van der Waals surface area (Å²) in [6, 6.07) is 2.99. The van der Waals surface area contributed by atoms with Gasteiger partial charge in [0.05, 0.1) is 23.9 Å². The number of nitro benzene ring substituents is 1. The number of methoxy groups -OCH3 is 1. The topological polar surface area (TPSA) is 81.0 Å². The van der Waals surface area contributed by atoms with Gasteiger partial charge in [-0.1, -0.05) is 0 Å². The van der Waals surface area contributed by atoms with Crippen molar-refractivity contribution in [3.05, 3.63) is 28.6 Å². The van der Waals surface area contributed by atoms with E-state index in [1.807, 2.05) is 0 Å². The number of rotatable bonds is 2. The summed E-state index contributed by atoms with van der Waals surface area (Å²) in [7, 11) is 1.39. The summed E-state index contributed by atoms with van der Waals surface area (Å²) < 4.78 is 4.95. The van der Waals surface area contributed by atoms with Crippen LogP contribution in [0, 0.1) is 10.1 Å². The van der Waals surface area contributed by atoms with Gasteiger partial charge in [0, 0.05) is 6.07 Å². The van der Waals surface area contributed by atoms with E-state index in [0.717, 1.165) is 0 Å². The van der Waals surface area contributed by atoms with Crippen molar-refractivity contribution in [1.29, 1.82) is 0 Å². The van der Waals surface area contributed by atoms with Crippen LogP contribution in [0.5, 0.6) is 5.75 Å². The predicted molar refractivity (Wildman–Crippen MR) is 49.3 cm³/mol. The van der Waals surface area contributed by atoms with Gasteiger partial charge in [-0.05, 0) is 6.07 Å². The molecular weight excluding hydrogens is 186 g/mol. The predicted octanol–water partition coefficient (Wildman–Crippen LogP) is 1.48. The molecule has 0 amide bonds. The number of fused-ring (bicyclic) bond motifs is 1. The fourth-order valence-corrected chi connectivity index (χ4v) is 1.32. The fraction of sp³-hybridized carbons (Fsp3) is 0.125. The van der Waals surface area contributed by atoms with Gasteiger partial charge in [-0.3, -0.25) is 10.1 Å². The molecule has 0 radical (unpaired) electrons. The number of imidazole rings is 1. The minimum absolute atomic E-state index is 0.0768. The van der Waals surface area contributed by atoms with Crippen LogP contribution in [0.15, 0.2) is 18.5 Å². The van der Waals surface area contributed by atoms with Crippen LogP contribution in [0.1, 0.15) is 0 Å². The molecular formula is C8H7N3O3. The Labute approximate surface area is 78.7 Å². The molecule has 1 N–H and O–H groups in total. The first kappa shape index (κ1) is 8.49. The summed E-state index contributed by atoms with van der Waals surface area (Å²) in [4.78, 5) is 16.9. The molecule has 2 rings (SSSR count).